The van der Waals surface area contributed by atoms with Crippen LogP contribution < -0.4 is 4.72 Å². The summed E-state index contributed by atoms with van der Waals surface area (Å²) < 4.78 is 50.5. The lowest BCUT2D eigenvalue weighted by atomic mass is 10.4. The Labute approximate surface area is 84.8 Å². The van der Waals surface area contributed by atoms with Crippen molar-refractivity contribution in [2.45, 2.75) is 25.2 Å². The minimum Gasteiger partial charge on any atom is -0.249 e. The van der Waals surface area contributed by atoms with Crippen LogP contribution in [-0.4, -0.2) is 35.6 Å². The molecule has 0 fully saturated rings. The molecule has 1 N–H and O–H groups in total. The second-order valence-corrected chi connectivity index (χ2v) is 6.39. The number of hydrogen-bond donors (Lipinski definition) is 1. The molecule has 0 aromatic carbocycles. The molecule has 0 aliphatic carbocycles. The highest BCUT2D eigenvalue weighted by Crippen LogP contribution is 2.11. The fraction of sp³-hybridized carbons (Fsp3) is 1.00. The van der Waals surface area contributed by atoms with Crippen molar-refractivity contribution in [2.75, 3.05) is 13.3 Å². The summed E-state index contributed by atoms with van der Waals surface area (Å²) in [6, 6.07) is 0. The zero-order chi connectivity index (χ0) is 11.4. The molecule has 0 amide bonds. The Hall–Kier alpha value is -0.180. The largest absolute Gasteiger partial charge is 0.265 e. The van der Waals surface area contributed by atoms with E-state index >= 15 is 0 Å². The summed E-state index contributed by atoms with van der Waals surface area (Å²) in [6.45, 7) is 1.74. The molecule has 6 nitrogen and oxygen atoms in total. The van der Waals surface area contributed by atoms with Crippen LogP contribution in [0.4, 0.5) is 0 Å². The SMILES string of the molecule is CCC[C@@H](OS(C)(=O)=O)S(=O)(=O)NC. The van der Waals surface area contributed by atoms with E-state index in [9.17, 15) is 16.8 Å². The van der Waals surface area contributed by atoms with Gasteiger partial charge in [0, 0.05) is 0 Å². The van der Waals surface area contributed by atoms with Gasteiger partial charge in [0.05, 0.1) is 6.26 Å². The Bertz CT molecular complexity index is 358. The molecule has 1 atom stereocenters. The van der Waals surface area contributed by atoms with E-state index in [0.717, 1.165) is 6.26 Å². The summed E-state index contributed by atoms with van der Waals surface area (Å²) in [5.41, 5.74) is -1.34. The molecule has 0 heterocycles. The molecule has 14 heavy (non-hydrogen) atoms. The molecule has 0 spiro atoms. The van der Waals surface area contributed by atoms with E-state index in [1.165, 1.54) is 7.05 Å². The first-order chi connectivity index (χ1) is 6.23. The van der Waals surface area contributed by atoms with Crippen LogP contribution in [0.2, 0.25) is 0 Å². The Balaban J connectivity index is 4.79. The monoisotopic (exact) mass is 245 g/mol. The summed E-state index contributed by atoms with van der Waals surface area (Å²) in [4.78, 5) is 0. The molecular formula is C6H15NO5S2. The van der Waals surface area contributed by atoms with E-state index in [4.69, 9.17) is 0 Å². The number of sulfonamides is 1. The van der Waals surface area contributed by atoms with Gasteiger partial charge >= 0.3 is 0 Å². The Morgan fingerprint density at radius 2 is 1.79 bits per heavy atom. The van der Waals surface area contributed by atoms with Crippen LogP contribution in [0.25, 0.3) is 0 Å². The van der Waals surface area contributed by atoms with Crippen LogP contribution in [-0.2, 0) is 24.3 Å². The first-order valence-electron chi connectivity index (χ1n) is 4.03. The van der Waals surface area contributed by atoms with Gasteiger partial charge in [0.2, 0.25) is 10.0 Å². The predicted molar refractivity (Wildman–Crippen MR) is 52.6 cm³/mol. The summed E-state index contributed by atoms with van der Waals surface area (Å²) in [7, 11) is -6.25. The lowest BCUT2D eigenvalue weighted by molar-refractivity contribution is 0.267. The Kier molecular flexibility index (Phi) is 4.99. The summed E-state index contributed by atoms with van der Waals surface area (Å²) in [5, 5.41) is 0. The molecule has 0 bridgehead atoms. The molecule has 0 rings (SSSR count). The van der Waals surface area contributed by atoms with Crippen molar-refractivity contribution in [1.82, 2.24) is 4.72 Å². The summed E-state index contributed by atoms with van der Waals surface area (Å²) in [6.07, 6.45) is 1.47. The molecule has 0 unspecified atom stereocenters. The molecule has 0 aliphatic heterocycles. The average Bonchev–Trinajstić information content (AvgIpc) is 2.01. The highest BCUT2D eigenvalue weighted by atomic mass is 32.2. The predicted octanol–water partition coefficient (Wildman–Crippen LogP) is -0.362. The first kappa shape index (κ1) is 13.8. The van der Waals surface area contributed by atoms with Crippen LogP contribution in [0.15, 0.2) is 0 Å². The summed E-state index contributed by atoms with van der Waals surface area (Å²) >= 11 is 0. The van der Waals surface area contributed by atoms with Crippen LogP contribution >= 0.6 is 0 Å². The van der Waals surface area contributed by atoms with Gasteiger partial charge < -0.3 is 0 Å². The van der Waals surface area contributed by atoms with Gasteiger partial charge in [-0.15, -0.1) is 0 Å². The zero-order valence-electron chi connectivity index (χ0n) is 8.35. The highest BCUT2D eigenvalue weighted by molar-refractivity contribution is 7.91. The first-order valence-corrected chi connectivity index (χ1v) is 7.40. The third-order valence-corrected chi connectivity index (χ3v) is 3.73. The van der Waals surface area contributed by atoms with E-state index < -0.39 is 25.6 Å². The smallest absolute Gasteiger partial charge is 0.249 e. The van der Waals surface area contributed by atoms with Gasteiger partial charge in [-0.2, -0.15) is 8.42 Å². The van der Waals surface area contributed by atoms with E-state index in [1.54, 1.807) is 6.92 Å². The molecule has 0 aromatic heterocycles. The van der Waals surface area contributed by atoms with Gasteiger partial charge in [0.1, 0.15) is 0 Å². The third-order valence-electron chi connectivity index (χ3n) is 1.44. The average molecular weight is 245 g/mol. The van der Waals surface area contributed by atoms with Gasteiger partial charge in [0.15, 0.2) is 5.44 Å². The molecule has 0 radical (unpaired) electrons. The van der Waals surface area contributed by atoms with Gasteiger partial charge in [-0.1, -0.05) is 13.3 Å². The van der Waals surface area contributed by atoms with Gasteiger partial charge in [-0.25, -0.2) is 17.3 Å². The molecule has 0 saturated heterocycles. The molecule has 8 heteroatoms. The molecule has 0 saturated carbocycles. The highest BCUT2D eigenvalue weighted by Gasteiger charge is 2.27. The van der Waals surface area contributed by atoms with E-state index in [-0.39, 0.29) is 6.42 Å². The van der Waals surface area contributed by atoms with Crippen molar-refractivity contribution in [1.29, 1.82) is 0 Å². The molecule has 0 aliphatic rings. The van der Waals surface area contributed by atoms with Gasteiger partial charge in [-0.05, 0) is 13.5 Å². The minimum atomic E-state index is -3.76. The lowest BCUT2D eigenvalue weighted by Crippen LogP contribution is -2.35. The third kappa shape index (κ3) is 4.89. The number of hydrogen-bond acceptors (Lipinski definition) is 5. The minimum absolute atomic E-state index is 0.135. The molecular weight excluding hydrogens is 230 g/mol. The Morgan fingerprint density at radius 3 is 2.07 bits per heavy atom. The Morgan fingerprint density at radius 1 is 1.29 bits per heavy atom. The van der Waals surface area contributed by atoms with Crippen LogP contribution in [0, 0.1) is 0 Å². The van der Waals surface area contributed by atoms with Gasteiger partial charge in [-0.3, -0.25) is 0 Å². The van der Waals surface area contributed by atoms with Crippen molar-refractivity contribution in [3.05, 3.63) is 0 Å². The topological polar surface area (TPSA) is 89.5 Å². The van der Waals surface area contributed by atoms with E-state index in [0.29, 0.717) is 6.42 Å². The normalized spacial score (nSPS) is 15.4. The maximum absolute atomic E-state index is 11.3. The van der Waals surface area contributed by atoms with E-state index in [2.05, 4.69) is 4.18 Å². The quantitative estimate of drug-likeness (QED) is 0.645. The maximum Gasteiger partial charge on any atom is 0.265 e. The van der Waals surface area contributed by atoms with Crippen molar-refractivity contribution in [3.63, 3.8) is 0 Å². The van der Waals surface area contributed by atoms with Crippen LogP contribution in [0.3, 0.4) is 0 Å². The lowest BCUT2D eigenvalue weighted by Gasteiger charge is -2.14. The molecule has 0 aromatic rings. The van der Waals surface area contributed by atoms with Crippen molar-refractivity contribution in [3.8, 4) is 0 Å². The zero-order valence-corrected chi connectivity index (χ0v) is 9.98. The van der Waals surface area contributed by atoms with E-state index in [1.807, 2.05) is 4.72 Å². The van der Waals surface area contributed by atoms with Crippen LogP contribution in [0.5, 0.6) is 0 Å². The second-order valence-electron chi connectivity index (χ2n) is 2.77. The molecule has 86 valence electrons. The van der Waals surface area contributed by atoms with Gasteiger partial charge in [0.25, 0.3) is 10.1 Å². The van der Waals surface area contributed by atoms with Crippen LogP contribution in [0.1, 0.15) is 19.8 Å². The van der Waals surface area contributed by atoms with Crippen molar-refractivity contribution < 1.29 is 21.0 Å². The fourth-order valence-electron chi connectivity index (χ4n) is 0.817. The summed E-state index contributed by atoms with van der Waals surface area (Å²) in [5.74, 6) is 0. The fourth-order valence-corrected chi connectivity index (χ4v) is 2.95. The standard InChI is InChI=1S/C6H15NO5S2/c1-4-5-6(12-13(3,8)9)14(10,11)7-2/h6-7H,4-5H2,1-3H3/t6-/m0/s1. The van der Waals surface area contributed by atoms with Crippen molar-refractivity contribution >= 4 is 20.1 Å². The maximum atomic E-state index is 11.3. The second kappa shape index (κ2) is 5.06. The van der Waals surface area contributed by atoms with Crippen molar-refractivity contribution in [2.24, 2.45) is 0 Å². The number of rotatable bonds is 6. The number of nitrogens with one attached hydrogen (secondary N) is 1.